The maximum atomic E-state index is 14.6. The fourth-order valence-corrected chi connectivity index (χ4v) is 3.44. The third-order valence-corrected chi connectivity index (χ3v) is 5.44. The molecule has 1 amide bonds. The van der Waals surface area contributed by atoms with Crippen LogP contribution >= 0.6 is 15.9 Å². The van der Waals surface area contributed by atoms with Crippen molar-refractivity contribution in [2.45, 2.75) is 26.3 Å². The van der Waals surface area contributed by atoms with Crippen LogP contribution in [-0.4, -0.2) is 31.3 Å². The second-order valence-electron chi connectivity index (χ2n) is 7.47. The number of anilines is 1. The number of allylic oxidation sites excluding steroid dienone is 1. The number of carbonyl (C=O) groups excluding carboxylic acids is 1. The number of ether oxygens (including phenoxy) is 1. The van der Waals surface area contributed by atoms with Crippen LogP contribution in [0.1, 0.15) is 31.9 Å². The van der Waals surface area contributed by atoms with Crippen molar-refractivity contribution >= 4 is 39.3 Å². The lowest BCUT2D eigenvalue weighted by Gasteiger charge is -2.40. The molecule has 152 valence electrons. The summed E-state index contributed by atoms with van der Waals surface area (Å²) >= 11 is 3.33. The van der Waals surface area contributed by atoms with Gasteiger partial charge < -0.3 is 9.64 Å². The molecule has 1 heterocycles. The summed E-state index contributed by atoms with van der Waals surface area (Å²) in [6, 6.07) is 10.4. The lowest BCUT2D eigenvalue weighted by Crippen LogP contribution is -2.42. The van der Waals surface area contributed by atoms with Gasteiger partial charge in [-0.25, -0.2) is 9.82 Å². The maximum Gasteiger partial charge on any atom is 0.277 e. The quantitative estimate of drug-likeness (QED) is 0.518. The van der Waals surface area contributed by atoms with E-state index in [0.717, 1.165) is 21.3 Å². The van der Waals surface area contributed by atoms with Gasteiger partial charge in [0, 0.05) is 28.3 Å². The number of rotatable bonds is 5. The van der Waals surface area contributed by atoms with Gasteiger partial charge in [-0.3, -0.25) is 4.79 Å². The number of amides is 1. The van der Waals surface area contributed by atoms with Crippen molar-refractivity contribution in [2.75, 3.05) is 18.6 Å². The fourth-order valence-electron chi connectivity index (χ4n) is 3.17. The topological polar surface area (TPSA) is 53.9 Å². The average molecular weight is 460 g/mol. The van der Waals surface area contributed by atoms with Crippen LogP contribution in [0.2, 0.25) is 0 Å². The first kappa shape index (κ1) is 21.0. The summed E-state index contributed by atoms with van der Waals surface area (Å²) in [6.45, 7) is 5.98. The third kappa shape index (κ3) is 4.85. The lowest BCUT2D eigenvalue weighted by atomic mass is 9.88. The molecule has 1 aliphatic rings. The normalized spacial score (nSPS) is 15.1. The van der Waals surface area contributed by atoms with Gasteiger partial charge in [-0.2, -0.15) is 5.10 Å². The number of nitrogens with one attached hydrogen (secondary N) is 1. The number of hydrazone groups is 1. The molecule has 0 fully saturated rings. The van der Waals surface area contributed by atoms with Crippen molar-refractivity contribution < 1.29 is 13.9 Å². The largest absolute Gasteiger partial charge is 0.484 e. The first-order valence-corrected chi connectivity index (χ1v) is 9.94. The van der Waals surface area contributed by atoms with Gasteiger partial charge in [-0.05, 0) is 62.7 Å². The van der Waals surface area contributed by atoms with E-state index in [1.54, 1.807) is 18.2 Å². The molecule has 1 aliphatic heterocycles. The molecule has 5 nitrogen and oxygen atoms in total. The van der Waals surface area contributed by atoms with Gasteiger partial charge in [-0.1, -0.05) is 22.0 Å². The van der Waals surface area contributed by atoms with Crippen LogP contribution in [0.4, 0.5) is 10.1 Å². The Hall–Kier alpha value is -2.67. The van der Waals surface area contributed by atoms with Gasteiger partial charge in [0.25, 0.3) is 5.91 Å². The number of hydrogen-bond acceptors (Lipinski definition) is 4. The van der Waals surface area contributed by atoms with Crippen LogP contribution in [0.5, 0.6) is 5.75 Å². The van der Waals surface area contributed by atoms with E-state index in [2.05, 4.69) is 46.4 Å². The summed E-state index contributed by atoms with van der Waals surface area (Å²) in [6.07, 6.45) is 3.45. The summed E-state index contributed by atoms with van der Waals surface area (Å²) < 4.78 is 20.9. The van der Waals surface area contributed by atoms with E-state index >= 15 is 0 Å². The van der Waals surface area contributed by atoms with Crippen molar-refractivity contribution in [1.82, 2.24) is 5.43 Å². The highest BCUT2D eigenvalue weighted by molar-refractivity contribution is 9.10. The molecule has 0 saturated heterocycles. The van der Waals surface area contributed by atoms with Crippen LogP contribution in [0.3, 0.4) is 0 Å². The van der Waals surface area contributed by atoms with Crippen LogP contribution in [-0.2, 0) is 4.79 Å². The van der Waals surface area contributed by atoms with Crippen LogP contribution in [0.25, 0.3) is 5.57 Å². The molecule has 7 heteroatoms. The molecule has 0 bridgehead atoms. The number of fused-ring (bicyclic) bond motifs is 1. The smallest absolute Gasteiger partial charge is 0.277 e. The highest BCUT2D eigenvalue weighted by atomic mass is 79.9. The minimum atomic E-state index is -0.430. The van der Waals surface area contributed by atoms with Gasteiger partial charge in [0.05, 0.1) is 11.8 Å². The number of likely N-dealkylation sites (N-methyl/N-ethyl adjacent to an activating group) is 1. The molecule has 0 aromatic heterocycles. The Labute approximate surface area is 178 Å². The lowest BCUT2D eigenvalue weighted by molar-refractivity contribution is -0.123. The Balaban J connectivity index is 1.66. The maximum absolute atomic E-state index is 14.6. The van der Waals surface area contributed by atoms with E-state index in [9.17, 15) is 9.18 Å². The number of nitrogens with zero attached hydrogens (tertiary/aromatic N) is 2. The molecular weight excluding hydrogens is 437 g/mol. The number of carbonyl (C=O) groups is 1. The Kier molecular flexibility index (Phi) is 6.07. The van der Waals surface area contributed by atoms with Gasteiger partial charge >= 0.3 is 0 Å². The predicted octanol–water partition coefficient (Wildman–Crippen LogP) is 4.75. The molecule has 3 rings (SSSR count). The van der Waals surface area contributed by atoms with Crippen molar-refractivity contribution in [2.24, 2.45) is 5.10 Å². The van der Waals surface area contributed by atoms with E-state index in [1.165, 1.54) is 12.3 Å². The highest BCUT2D eigenvalue weighted by Crippen LogP contribution is 2.38. The summed E-state index contributed by atoms with van der Waals surface area (Å²) in [7, 11) is 1.95. The summed E-state index contributed by atoms with van der Waals surface area (Å²) in [5, 5.41) is 3.87. The van der Waals surface area contributed by atoms with Crippen LogP contribution in [0, 0.1) is 5.82 Å². The van der Waals surface area contributed by atoms with Crippen LogP contribution in [0.15, 0.2) is 52.0 Å². The predicted molar refractivity (Wildman–Crippen MR) is 118 cm³/mol. The van der Waals surface area contributed by atoms with Crippen LogP contribution < -0.4 is 15.1 Å². The third-order valence-electron chi connectivity index (χ3n) is 4.91. The SMILES string of the molecule is CC1=CC(C)(C)N(C)c2cc(F)c(/C=N\NC(=O)COc3ccc(Br)cc3)cc21. The molecule has 29 heavy (non-hydrogen) atoms. The second-order valence-corrected chi connectivity index (χ2v) is 8.38. The van der Waals surface area contributed by atoms with Crippen molar-refractivity contribution in [3.63, 3.8) is 0 Å². The van der Waals surface area contributed by atoms with Gasteiger partial charge in [0.15, 0.2) is 6.61 Å². The standard InChI is InChI=1S/C22H23BrFN3O2/c1-14-11-22(2,3)27(4)20-10-19(24)15(9-18(14)20)12-25-26-21(28)13-29-17-7-5-16(23)6-8-17/h5-12H,13H2,1-4H3,(H,26,28)/b25-12-. The molecule has 0 unspecified atom stereocenters. The van der Waals surface area contributed by atoms with E-state index in [0.29, 0.717) is 11.3 Å². The van der Waals surface area contributed by atoms with E-state index in [-0.39, 0.29) is 12.1 Å². The van der Waals surface area contributed by atoms with Gasteiger partial charge in [-0.15, -0.1) is 0 Å². The minimum Gasteiger partial charge on any atom is -0.484 e. The Bertz CT molecular complexity index is 984. The molecular formula is C22H23BrFN3O2. The molecule has 2 aromatic carbocycles. The number of benzene rings is 2. The van der Waals surface area contributed by atoms with E-state index in [4.69, 9.17) is 4.74 Å². The first-order valence-electron chi connectivity index (χ1n) is 9.15. The zero-order chi connectivity index (χ0) is 21.2. The Morgan fingerprint density at radius 2 is 2.00 bits per heavy atom. The van der Waals surface area contributed by atoms with Gasteiger partial charge in [0.1, 0.15) is 11.6 Å². The molecule has 2 aromatic rings. The molecule has 0 radical (unpaired) electrons. The average Bonchev–Trinajstić information content (AvgIpc) is 2.66. The zero-order valence-corrected chi connectivity index (χ0v) is 18.4. The summed E-state index contributed by atoms with van der Waals surface area (Å²) in [5.41, 5.74) is 5.32. The zero-order valence-electron chi connectivity index (χ0n) is 16.8. The monoisotopic (exact) mass is 459 g/mol. The summed E-state index contributed by atoms with van der Waals surface area (Å²) in [4.78, 5) is 13.9. The first-order chi connectivity index (χ1) is 13.7. The number of halogens is 2. The van der Waals surface area contributed by atoms with Crippen molar-refractivity contribution in [1.29, 1.82) is 0 Å². The Morgan fingerprint density at radius 1 is 1.31 bits per heavy atom. The molecule has 0 aliphatic carbocycles. The minimum absolute atomic E-state index is 0.187. The number of hydrogen-bond donors (Lipinski definition) is 1. The Morgan fingerprint density at radius 3 is 2.69 bits per heavy atom. The molecule has 0 spiro atoms. The van der Waals surface area contributed by atoms with E-state index in [1.807, 2.05) is 31.0 Å². The van der Waals surface area contributed by atoms with Crippen molar-refractivity contribution in [3.05, 3.63) is 63.9 Å². The molecule has 1 N–H and O–H groups in total. The second kappa shape index (κ2) is 8.37. The highest BCUT2D eigenvalue weighted by Gasteiger charge is 2.29. The molecule has 0 atom stereocenters. The summed E-state index contributed by atoms with van der Waals surface area (Å²) in [5.74, 6) is -0.257. The van der Waals surface area contributed by atoms with Crippen molar-refractivity contribution in [3.8, 4) is 5.75 Å². The van der Waals surface area contributed by atoms with E-state index < -0.39 is 11.7 Å². The molecule has 0 saturated carbocycles. The fraction of sp³-hybridized carbons (Fsp3) is 0.273. The van der Waals surface area contributed by atoms with Gasteiger partial charge in [0.2, 0.25) is 0 Å².